The molecule has 0 bridgehead atoms. The predicted octanol–water partition coefficient (Wildman–Crippen LogP) is 2.93. The lowest BCUT2D eigenvalue weighted by Gasteiger charge is -2.33. The summed E-state index contributed by atoms with van der Waals surface area (Å²) in [6.07, 6.45) is 4.79. The van der Waals surface area contributed by atoms with Gasteiger partial charge in [0.15, 0.2) is 0 Å². The first-order valence-corrected chi connectivity index (χ1v) is 10.8. The number of nitrogens with zero attached hydrogens (tertiary/aromatic N) is 1. The van der Waals surface area contributed by atoms with Crippen molar-refractivity contribution in [3.05, 3.63) is 35.4 Å². The van der Waals surface area contributed by atoms with E-state index in [2.05, 4.69) is 47.7 Å². The van der Waals surface area contributed by atoms with Crippen molar-refractivity contribution in [2.45, 2.75) is 63.8 Å². The van der Waals surface area contributed by atoms with E-state index in [-0.39, 0.29) is 11.3 Å². The normalized spacial score (nSPS) is 22.9. The molecule has 1 N–H and O–H groups in total. The van der Waals surface area contributed by atoms with Gasteiger partial charge in [-0.1, -0.05) is 38.1 Å². The maximum absolute atomic E-state index is 12.1. The molecule has 1 aliphatic heterocycles. The Labute approximate surface area is 146 Å². The summed E-state index contributed by atoms with van der Waals surface area (Å²) in [6.45, 7) is 7.26. The second kappa shape index (κ2) is 7.54. The Morgan fingerprint density at radius 3 is 2.42 bits per heavy atom. The van der Waals surface area contributed by atoms with Crippen LogP contribution in [0.1, 0.15) is 50.7 Å². The second-order valence-corrected chi connectivity index (χ2v) is 9.84. The Morgan fingerprint density at radius 2 is 1.79 bits per heavy atom. The third-order valence-electron chi connectivity index (χ3n) is 4.87. The lowest BCUT2D eigenvalue weighted by molar-refractivity contribution is 0.194. The van der Waals surface area contributed by atoms with Crippen molar-refractivity contribution in [3.8, 4) is 0 Å². The van der Waals surface area contributed by atoms with E-state index in [9.17, 15) is 8.42 Å². The number of hydrogen-bond donors (Lipinski definition) is 1. The Morgan fingerprint density at radius 1 is 1.12 bits per heavy atom. The van der Waals surface area contributed by atoms with Gasteiger partial charge in [0.05, 0.1) is 5.25 Å². The van der Waals surface area contributed by atoms with Crippen LogP contribution in [0, 0.1) is 5.92 Å². The van der Waals surface area contributed by atoms with Gasteiger partial charge in [-0.25, -0.2) is 13.1 Å². The molecule has 1 saturated carbocycles. The van der Waals surface area contributed by atoms with E-state index in [0.717, 1.165) is 51.7 Å². The van der Waals surface area contributed by atoms with Crippen molar-refractivity contribution in [2.24, 2.45) is 5.92 Å². The average molecular weight is 351 g/mol. The third kappa shape index (κ3) is 5.04. The molecular weight excluding hydrogens is 320 g/mol. The summed E-state index contributed by atoms with van der Waals surface area (Å²) in [7, 11) is -3.08. The van der Waals surface area contributed by atoms with Crippen molar-refractivity contribution in [2.75, 3.05) is 13.1 Å². The summed E-state index contributed by atoms with van der Waals surface area (Å²) in [5, 5.41) is -0.124. The van der Waals surface area contributed by atoms with Gasteiger partial charge in [-0.3, -0.25) is 4.90 Å². The minimum Gasteiger partial charge on any atom is -0.298 e. The summed E-state index contributed by atoms with van der Waals surface area (Å²) in [4.78, 5) is 2.38. The first-order chi connectivity index (χ1) is 11.4. The highest BCUT2D eigenvalue weighted by atomic mass is 32.2. The highest BCUT2D eigenvalue weighted by Crippen LogP contribution is 2.28. The van der Waals surface area contributed by atoms with Crippen LogP contribution in [0.2, 0.25) is 0 Å². The zero-order chi connectivity index (χ0) is 17.2. The molecule has 1 atom stereocenters. The Balaban J connectivity index is 1.53. The van der Waals surface area contributed by atoms with Gasteiger partial charge in [-0.15, -0.1) is 0 Å². The Kier molecular flexibility index (Phi) is 5.63. The van der Waals surface area contributed by atoms with Gasteiger partial charge in [0.1, 0.15) is 0 Å². The van der Waals surface area contributed by atoms with Crippen LogP contribution in [0.3, 0.4) is 0 Å². The summed E-state index contributed by atoms with van der Waals surface area (Å²) in [6, 6.07) is 8.97. The van der Waals surface area contributed by atoms with Crippen LogP contribution < -0.4 is 4.72 Å². The molecule has 1 heterocycles. The van der Waals surface area contributed by atoms with Crippen molar-refractivity contribution in [3.63, 3.8) is 0 Å². The molecule has 2 fully saturated rings. The molecule has 0 aromatic heterocycles. The minimum atomic E-state index is -3.08. The predicted molar refractivity (Wildman–Crippen MR) is 98.4 cm³/mol. The number of likely N-dealkylation sites (tertiary alicyclic amines) is 1. The molecular formula is C19H30N2O2S. The number of rotatable bonds is 7. The average Bonchev–Trinajstić information content (AvgIpc) is 3.34. The molecule has 1 aromatic carbocycles. The van der Waals surface area contributed by atoms with Crippen LogP contribution >= 0.6 is 0 Å². The molecule has 1 aliphatic carbocycles. The molecule has 5 heteroatoms. The van der Waals surface area contributed by atoms with E-state index in [1.165, 1.54) is 11.1 Å². The lowest BCUT2D eigenvalue weighted by atomic mass is 10.0. The fourth-order valence-corrected chi connectivity index (χ4v) is 5.12. The molecule has 1 unspecified atom stereocenters. The van der Waals surface area contributed by atoms with Gasteiger partial charge in [-0.2, -0.15) is 0 Å². The number of hydrogen-bond acceptors (Lipinski definition) is 3. The van der Waals surface area contributed by atoms with E-state index in [1.807, 2.05) is 0 Å². The van der Waals surface area contributed by atoms with Gasteiger partial charge < -0.3 is 0 Å². The molecule has 3 rings (SSSR count). The summed E-state index contributed by atoms with van der Waals surface area (Å²) in [5.74, 6) is 0.679. The van der Waals surface area contributed by atoms with Crippen LogP contribution in [0.5, 0.6) is 0 Å². The molecule has 24 heavy (non-hydrogen) atoms. The number of sulfonamides is 1. The number of piperidine rings is 1. The van der Waals surface area contributed by atoms with Crippen LogP contribution in [-0.4, -0.2) is 37.7 Å². The highest BCUT2D eigenvalue weighted by molar-refractivity contribution is 7.90. The first-order valence-electron chi connectivity index (χ1n) is 9.23. The van der Waals surface area contributed by atoms with E-state index < -0.39 is 10.0 Å². The molecule has 2 aliphatic rings. The monoisotopic (exact) mass is 350 g/mol. The maximum Gasteiger partial charge on any atom is 0.214 e. The van der Waals surface area contributed by atoms with Crippen molar-refractivity contribution >= 4 is 10.0 Å². The zero-order valence-electron chi connectivity index (χ0n) is 14.9. The van der Waals surface area contributed by atoms with Gasteiger partial charge >= 0.3 is 0 Å². The standard InChI is InChI=1S/C19H30N2O2S/c1-15(2)12-16-5-7-17(8-6-16)13-21-11-3-4-18(14-21)20-24(22,23)19-9-10-19/h5-8,15,18-20H,3-4,9-14H2,1-2H3. The van der Waals surface area contributed by atoms with Gasteiger partial charge in [0.25, 0.3) is 0 Å². The van der Waals surface area contributed by atoms with Crippen LogP contribution in [0.15, 0.2) is 24.3 Å². The van der Waals surface area contributed by atoms with Crippen molar-refractivity contribution in [1.82, 2.24) is 9.62 Å². The quantitative estimate of drug-likeness (QED) is 0.822. The summed E-state index contributed by atoms with van der Waals surface area (Å²) >= 11 is 0. The highest BCUT2D eigenvalue weighted by Gasteiger charge is 2.37. The van der Waals surface area contributed by atoms with E-state index >= 15 is 0 Å². The molecule has 0 spiro atoms. The fourth-order valence-electron chi connectivity index (χ4n) is 3.51. The molecule has 1 saturated heterocycles. The van der Waals surface area contributed by atoms with Gasteiger partial charge in [0, 0.05) is 19.1 Å². The van der Waals surface area contributed by atoms with Crippen LogP contribution in [-0.2, 0) is 23.0 Å². The molecule has 4 nitrogen and oxygen atoms in total. The fraction of sp³-hybridized carbons (Fsp3) is 0.684. The smallest absolute Gasteiger partial charge is 0.214 e. The molecule has 0 radical (unpaired) electrons. The van der Waals surface area contributed by atoms with E-state index in [0.29, 0.717) is 5.92 Å². The third-order valence-corrected chi connectivity index (χ3v) is 6.88. The van der Waals surface area contributed by atoms with E-state index in [4.69, 9.17) is 0 Å². The van der Waals surface area contributed by atoms with Crippen molar-refractivity contribution < 1.29 is 8.42 Å². The van der Waals surface area contributed by atoms with Crippen LogP contribution in [0.25, 0.3) is 0 Å². The molecule has 1 aromatic rings. The second-order valence-electron chi connectivity index (χ2n) is 7.85. The topological polar surface area (TPSA) is 49.4 Å². The van der Waals surface area contributed by atoms with Gasteiger partial charge in [-0.05, 0) is 55.7 Å². The van der Waals surface area contributed by atoms with Crippen LogP contribution in [0.4, 0.5) is 0 Å². The lowest BCUT2D eigenvalue weighted by Crippen LogP contribution is -2.48. The first kappa shape index (κ1) is 17.9. The van der Waals surface area contributed by atoms with Crippen molar-refractivity contribution in [1.29, 1.82) is 0 Å². The summed E-state index contributed by atoms with van der Waals surface area (Å²) < 4.78 is 27.2. The maximum atomic E-state index is 12.1. The SMILES string of the molecule is CC(C)Cc1ccc(CN2CCCC(NS(=O)(=O)C3CC3)C2)cc1. The Bertz CT molecular complexity index is 636. The number of nitrogens with one attached hydrogen (secondary N) is 1. The molecule has 0 amide bonds. The zero-order valence-corrected chi connectivity index (χ0v) is 15.7. The minimum absolute atomic E-state index is 0.0737. The molecule has 134 valence electrons. The largest absolute Gasteiger partial charge is 0.298 e. The van der Waals surface area contributed by atoms with Gasteiger partial charge in [0.2, 0.25) is 10.0 Å². The number of benzene rings is 1. The van der Waals surface area contributed by atoms with E-state index in [1.54, 1.807) is 0 Å². The summed E-state index contributed by atoms with van der Waals surface area (Å²) in [5.41, 5.74) is 2.70. The Hall–Kier alpha value is -0.910.